The van der Waals surface area contributed by atoms with Gasteiger partial charge >= 0.3 is 42.6 Å². The van der Waals surface area contributed by atoms with E-state index >= 15 is 0 Å². The van der Waals surface area contributed by atoms with Gasteiger partial charge in [0.15, 0.2) is 5.22 Å². The zero-order valence-corrected chi connectivity index (χ0v) is 14.7. The second-order valence-electron chi connectivity index (χ2n) is 6.04. The normalized spacial score (nSPS) is 16.3. The first-order valence-corrected chi connectivity index (χ1v) is 8.26. The Balaban J connectivity index is 0.000000282. The summed E-state index contributed by atoms with van der Waals surface area (Å²) >= 11 is 14.6. The molecule has 110 valence electrons. The molecule has 0 aliphatic carbocycles. The van der Waals surface area contributed by atoms with Crippen LogP contribution in [0, 0.1) is 0 Å². The summed E-state index contributed by atoms with van der Waals surface area (Å²) in [6, 6.07) is 3.77. The number of halogens is 2. The maximum absolute atomic E-state index is 6.24. The van der Waals surface area contributed by atoms with Gasteiger partial charge in [0.05, 0.1) is 0 Å². The fourth-order valence-electron chi connectivity index (χ4n) is 2.31. The first-order valence-electron chi connectivity index (χ1n) is 7.50. The van der Waals surface area contributed by atoms with Gasteiger partial charge in [-0.25, -0.2) is 0 Å². The van der Waals surface area contributed by atoms with Gasteiger partial charge in [-0.2, -0.15) is 0 Å². The summed E-state index contributed by atoms with van der Waals surface area (Å²) in [5, 5.41) is 2.41. The first-order chi connectivity index (χ1) is 9.93. The summed E-state index contributed by atoms with van der Waals surface area (Å²) < 4.78 is 6.43. The third-order valence-electron chi connectivity index (χ3n) is 3.94. The van der Waals surface area contributed by atoms with E-state index in [2.05, 4.69) is 43.5 Å². The minimum absolute atomic E-state index is 0.493. The van der Waals surface area contributed by atoms with Crippen molar-refractivity contribution in [2.75, 3.05) is 13.6 Å². The van der Waals surface area contributed by atoms with E-state index in [-0.39, 0.29) is 0 Å². The Morgan fingerprint density at radius 2 is 2.00 bits per heavy atom. The number of nitrogens with zero attached hydrogens (tertiary/aromatic N) is 1. The molecule has 0 saturated heterocycles. The summed E-state index contributed by atoms with van der Waals surface area (Å²) in [6.07, 6.45) is 2.25. The molecule has 2 heterocycles. The average molecular weight is 320 g/mol. The van der Waals surface area contributed by atoms with Gasteiger partial charge in [-0.05, 0) is 42.8 Å². The van der Waals surface area contributed by atoms with E-state index < -0.39 is 0 Å². The van der Waals surface area contributed by atoms with Gasteiger partial charge in [0.1, 0.15) is 5.58 Å². The molecule has 0 bridgehead atoms. The van der Waals surface area contributed by atoms with Crippen LogP contribution in [0.2, 0.25) is 14.8 Å². The van der Waals surface area contributed by atoms with E-state index in [1.165, 1.54) is 6.42 Å². The topological polar surface area (TPSA) is 16.4 Å². The zero-order chi connectivity index (χ0) is 15.6. The van der Waals surface area contributed by atoms with Gasteiger partial charge in [-0.15, -0.1) is 0 Å². The van der Waals surface area contributed by atoms with Crippen LogP contribution in [0.4, 0.5) is 0 Å². The van der Waals surface area contributed by atoms with Gasteiger partial charge in [-0.1, -0.05) is 11.6 Å². The van der Waals surface area contributed by atoms with Crippen LogP contribution in [0.25, 0.3) is 11.0 Å². The van der Waals surface area contributed by atoms with Crippen molar-refractivity contribution in [1.82, 2.24) is 4.90 Å². The number of benzene rings is 1. The molecule has 1 aliphatic heterocycles. The molecule has 0 spiro atoms. The van der Waals surface area contributed by atoms with Gasteiger partial charge in [0.25, 0.3) is 0 Å². The molecule has 0 radical (unpaired) electrons. The number of rotatable bonds is 1. The SMILES string of the molecule is CN1CCc2c(Cl)ccc3oc(Cl)c(c23)C1.[Li][CH](C)CC. The van der Waals surface area contributed by atoms with E-state index in [0.29, 0.717) is 5.22 Å². The predicted octanol–water partition coefficient (Wildman–Crippen LogP) is 5.10. The quantitative estimate of drug-likeness (QED) is 0.680. The Morgan fingerprint density at radius 3 is 2.62 bits per heavy atom. The van der Waals surface area contributed by atoms with Crippen LogP contribution in [0.15, 0.2) is 16.5 Å². The molecule has 1 atom stereocenters. The van der Waals surface area contributed by atoms with Crippen molar-refractivity contribution in [3.8, 4) is 0 Å². The van der Waals surface area contributed by atoms with E-state index in [1.54, 1.807) is 0 Å². The molecular formula is C16H20Cl2LiNO. The predicted molar refractivity (Wildman–Crippen MR) is 91.7 cm³/mol. The Morgan fingerprint density at radius 1 is 1.33 bits per heavy atom. The molecular weight excluding hydrogens is 300 g/mol. The number of hydrogen-bond donors (Lipinski definition) is 0. The van der Waals surface area contributed by atoms with Gasteiger partial charge in [-0.3, -0.25) is 0 Å². The molecule has 1 unspecified atom stereocenters. The summed E-state index contributed by atoms with van der Waals surface area (Å²) in [5.41, 5.74) is 3.07. The molecule has 0 fully saturated rings. The monoisotopic (exact) mass is 319 g/mol. The fourth-order valence-corrected chi connectivity index (χ4v) is 2.80. The number of furan rings is 1. The van der Waals surface area contributed by atoms with Crippen molar-refractivity contribution in [3.63, 3.8) is 0 Å². The molecule has 0 N–H and O–H groups in total. The van der Waals surface area contributed by atoms with E-state index in [1.807, 2.05) is 12.1 Å². The van der Waals surface area contributed by atoms with Gasteiger partial charge < -0.3 is 9.32 Å². The van der Waals surface area contributed by atoms with Gasteiger partial charge in [0.2, 0.25) is 0 Å². The van der Waals surface area contributed by atoms with Crippen LogP contribution in [0.3, 0.4) is 0 Å². The number of likely N-dealkylation sites (N-methyl/N-ethyl adjacent to an activating group) is 1. The molecule has 0 saturated carbocycles. The molecule has 2 nitrogen and oxygen atoms in total. The molecule has 1 aromatic carbocycles. The van der Waals surface area contributed by atoms with Crippen LogP contribution in [0.1, 0.15) is 31.4 Å². The van der Waals surface area contributed by atoms with Crippen molar-refractivity contribution < 1.29 is 4.42 Å². The molecule has 2 aromatic rings. The van der Waals surface area contributed by atoms with Crippen molar-refractivity contribution in [3.05, 3.63) is 33.5 Å². The minimum atomic E-state index is 0.493. The first kappa shape index (κ1) is 17.3. The Bertz CT molecular complexity index is 624. The molecule has 3 rings (SSSR count). The van der Waals surface area contributed by atoms with E-state index in [0.717, 1.165) is 51.2 Å². The standard InChI is InChI=1S/C12H11Cl2NO.C4H9.Li/c1-15-5-4-7-9(13)2-3-10-11(7)8(6-15)12(14)16-10;1-3-4-2;/h2-3H,4-6H2,1H3;3H,4H2,1-2H3;. The average Bonchev–Trinajstić information content (AvgIpc) is 2.64. The second-order valence-corrected chi connectivity index (χ2v) is 6.79. The zero-order valence-electron chi connectivity index (χ0n) is 13.2. The van der Waals surface area contributed by atoms with Crippen LogP contribution in [-0.4, -0.2) is 36.2 Å². The second kappa shape index (κ2) is 7.44. The fraction of sp³-hybridized carbons (Fsp3) is 0.500. The van der Waals surface area contributed by atoms with Gasteiger partial charge in [0, 0.05) is 29.1 Å². The number of hydrogen-bond acceptors (Lipinski definition) is 2. The molecule has 1 aromatic heterocycles. The Kier molecular flexibility index (Phi) is 6.12. The maximum atomic E-state index is 6.24. The molecule has 21 heavy (non-hydrogen) atoms. The molecule has 0 amide bonds. The van der Waals surface area contributed by atoms with Crippen LogP contribution in [0.5, 0.6) is 0 Å². The van der Waals surface area contributed by atoms with Crippen LogP contribution < -0.4 is 0 Å². The van der Waals surface area contributed by atoms with E-state index in [4.69, 9.17) is 27.6 Å². The Hall–Kier alpha value is -0.103. The van der Waals surface area contributed by atoms with Crippen molar-refractivity contribution in [1.29, 1.82) is 0 Å². The van der Waals surface area contributed by atoms with Crippen molar-refractivity contribution in [2.45, 2.75) is 37.8 Å². The van der Waals surface area contributed by atoms with Crippen molar-refractivity contribution in [2.24, 2.45) is 0 Å². The van der Waals surface area contributed by atoms with E-state index in [9.17, 15) is 0 Å². The summed E-state index contributed by atoms with van der Waals surface area (Å²) in [5.74, 6) is 0. The summed E-state index contributed by atoms with van der Waals surface area (Å²) in [7, 11) is 2.08. The summed E-state index contributed by atoms with van der Waals surface area (Å²) in [4.78, 5) is 2.23. The third-order valence-corrected chi connectivity index (χ3v) is 4.60. The summed E-state index contributed by atoms with van der Waals surface area (Å²) in [6.45, 7) is 6.23. The van der Waals surface area contributed by atoms with Crippen molar-refractivity contribution >= 4 is 51.9 Å². The third kappa shape index (κ3) is 4.00. The van der Waals surface area contributed by atoms with Crippen LogP contribution >= 0.6 is 23.2 Å². The molecule has 5 heteroatoms. The Labute approximate surface area is 146 Å². The van der Waals surface area contributed by atoms with Crippen LogP contribution in [-0.2, 0) is 13.0 Å². The molecule has 1 aliphatic rings.